The van der Waals surface area contributed by atoms with Gasteiger partial charge in [-0.1, -0.05) is 58.4 Å². The molecule has 0 radical (unpaired) electrons. The Hall–Kier alpha value is -3.58. The molecule has 1 heterocycles. The van der Waals surface area contributed by atoms with Crippen LogP contribution in [0, 0.1) is 0 Å². The zero-order valence-corrected chi connectivity index (χ0v) is 18.1. The molecule has 2 amide bonds. The van der Waals surface area contributed by atoms with E-state index in [1.807, 2.05) is 48.5 Å². The van der Waals surface area contributed by atoms with Crippen molar-refractivity contribution in [2.24, 2.45) is 0 Å². The zero-order chi connectivity index (χ0) is 21.6. The van der Waals surface area contributed by atoms with Gasteiger partial charge in [0.05, 0.1) is 12.0 Å². The second-order valence-corrected chi connectivity index (χ2v) is 7.87. The van der Waals surface area contributed by atoms with Gasteiger partial charge in [0.25, 0.3) is 5.91 Å². The Morgan fingerprint density at radius 3 is 2.61 bits per heavy atom. The molecule has 0 aliphatic rings. The van der Waals surface area contributed by atoms with Crippen LogP contribution in [0.25, 0.3) is 10.9 Å². The van der Waals surface area contributed by atoms with Gasteiger partial charge in [-0.25, -0.2) is 0 Å². The summed E-state index contributed by atoms with van der Waals surface area (Å²) in [4.78, 5) is 28.1. The van der Waals surface area contributed by atoms with Crippen LogP contribution in [0.4, 0.5) is 0 Å². The Bertz CT molecular complexity index is 1240. The lowest BCUT2D eigenvalue weighted by molar-refractivity contribution is -0.121. The fourth-order valence-electron chi connectivity index (χ4n) is 3.26. The molecule has 4 rings (SSSR count). The van der Waals surface area contributed by atoms with Crippen LogP contribution in [0.1, 0.15) is 21.5 Å². The van der Waals surface area contributed by atoms with Crippen LogP contribution in [-0.2, 0) is 17.8 Å². The highest BCUT2D eigenvalue weighted by Crippen LogP contribution is 2.21. The van der Waals surface area contributed by atoms with Crippen LogP contribution >= 0.6 is 15.9 Å². The molecule has 0 bridgehead atoms. The van der Waals surface area contributed by atoms with Gasteiger partial charge >= 0.3 is 0 Å². The number of hydrogen-bond acceptors (Lipinski definition) is 3. The van der Waals surface area contributed by atoms with Crippen molar-refractivity contribution >= 4 is 38.6 Å². The van der Waals surface area contributed by atoms with Crippen molar-refractivity contribution in [2.45, 2.75) is 13.0 Å². The molecule has 0 fully saturated rings. The van der Waals surface area contributed by atoms with E-state index in [1.165, 1.54) is 0 Å². The highest BCUT2D eigenvalue weighted by atomic mass is 79.9. The lowest BCUT2D eigenvalue weighted by Gasteiger charge is -2.12. The van der Waals surface area contributed by atoms with E-state index >= 15 is 0 Å². The number of benzene rings is 3. The number of hydrazine groups is 1. The standard InChI is InChI=1S/C24H20BrN3O3/c25-18-7-5-6-16(12-18)15-31-22-11-4-2-9-20(22)24(30)28-27-23(29)13-17-14-26-21-10-3-1-8-19(17)21/h1-12,14,26H,13,15H2,(H,27,29)(H,28,30). The minimum atomic E-state index is -0.447. The largest absolute Gasteiger partial charge is 0.488 e. The van der Waals surface area contributed by atoms with Gasteiger partial charge in [0.1, 0.15) is 12.4 Å². The first kappa shape index (κ1) is 20.7. The predicted octanol–water partition coefficient (Wildman–Crippen LogP) is 4.51. The quantitative estimate of drug-likeness (QED) is 0.357. The SMILES string of the molecule is O=C(Cc1c[nH]c2ccccc12)NNC(=O)c1ccccc1OCc1cccc(Br)c1. The Labute approximate surface area is 187 Å². The molecule has 31 heavy (non-hydrogen) atoms. The minimum absolute atomic E-state index is 0.144. The monoisotopic (exact) mass is 477 g/mol. The molecule has 0 aliphatic carbocycles. The minimum Gasteiger partial charge on any atom is -0.488 e. The molecule has 0 aliphatic heterocycles. The molecule has 4 aromatic rings. The second-order valence-electron chi connectivity index (χ2n) is 6.95. The van der Waals surface area contributed by atoms with E-state index in [2.05, 4.69) is 31.8 Å². The first-order valence-electron chi connectivity index (χ1n) is 9.70. The number of carbonyl (C=O) groups excluding carboxylic acids is 2. The molecule has 0 saturated heterocycles. The maximum Gasteiger partial charge on any atom is 0.273 e. The number of aromatic amines is 1. The lowest BCUT2D eigenvalue weighted by atomic mass is 10.1. The number of rotatable bonds is 6. The number of fused-ring (bicyclic) bond motifs is 1. The van der Waals surface area contributed by atoms with E-state index in [9.17, 15) is 9.59 Å². The van der Waals surface area contributed by atoms with Crippen molar-refractivity contribution < 1.29 is 14.3 Å². The smallest absolute Gasteiger partial charge is 0.273 e. The molecule has 1 aromatic heterocycles. The van der Waals surface area contributed by atoms with Crippen molar-refractivity contribution in [1.82, 2.24) is 15.8 Å². The van der Waals surface area contributed by atoms with E-state index in [4.69, 9.17) is 4.74 Å². The number of carbonyl (C=O) groups is 2. The van der Waals surface area contributed by atoms with Gasteiger partial charge in [0.2, 0.25) is 5.91 Å². The molecule has 7 heteroatoms. The van der Waals surface area contributed by atoms with E-state index < -0.39 is 5.91 Å². The molecule has 6 nitrogen and oxygen atoms in total. The third-order valence-corrected chi connectivity index (χ3v) is 5.25. The van der Waals surface area contributed by atoms with E-state index in [1.54, 1.807) is 30.5 Å². The van der Waals surface area contributed by atoms with Gasteiger partial charge in [0.15, 0.2) is 0 Å². The molecular formula is C24H20BrN3O3. The molecule has 156 valence electrons. The number of hydrogen-bond donors (Lipinski definition) is 3. The number of ether oxygens (including phenoxy) is 1. The second kappa shape index (κ2) is 9.49. The van der Waals surface area contributed by atoms with Crippen molar-refractivity contribution in [3.8, 4) is 5.75 Å². The van der Waals surface area contributed by atoms with E-state index in [0.717, 1.165) is 26.5 Å². The lowest BCUT2D eigenvalue weighted by Crippen LogP contribution is -2.42. The van der Waals surface area contributed by atoms with Crippen molar-refractivity contribution in [1.29, 1.82) is 0 Å². The summed E-state index contributed by atoms with van der Waals surface area (Å²) in [6, 6.07) is 22.4. The first-order valence-corrected chi connectivity index (χ1v) is 10.5. The Morgan fingerprint density at radius 2 is 1.74 bits per heavy atom. The Balaban J connectivity index is 1.36. The fourth-order valence-corrected chi connectivity index (χ4v) is 3.70. The van der Waals surface area contributed by atoms with Crippen molar-refractivity contribution in [3.63, 3.8) is 0 Å². The number of H-pyrrole nitrogens is 1. The summed E-state index contributed by atoms with van der Waals surface area (Å²) < 4.78 is 6.80. The van der Waals surface area contributed by atoms with Crippen LogP contribution in [0.3, 0.4) is 0 Å². The van der Waals surface area contributed by atoms with Gasteiger partial charge < -0.3 is 9.72 Å². The number of para-hydroxylation sites is 2. The molecule has 0 unspecified atom stereocenters. The van der Waals surface area contributed by atoms with E-state index in [-0.39, 0.29) is 12.3 Å². The number of nitrogens with one attached hydrogen (secondary N) is 3. The van der Waals surface area contributed by atoms with Crippen LogP contribution in [0.5, 0.6) is 5.75 Å². The summed E-state index contributed by atoms with van der Waals surface area (Å²) >= 11 is 3.43. The third-order valence-electron chi connectivity index (χ3n) is 4.76. The summed E-state index contributed by atoms with van der Waals surface area (Å²) in [6.45, 7) is 0.316. The maximum atomic E-state index is 12.6. The van der Waals surface area contributed by atoms with Crippen LogP contribution < -0.4 is 15.6 Å². The molecule has 0 saturated carbocycles. The zero-order valence-electron chi connectivity index (χ0n) is 16.5. The van der Waals surface area contributed by atoms with Crippen LogP contribution in [0.15, 0.2) is 83.5 Å². The Morgan fingerprint density at radius 1 is 0.935 bits per heavy atom. The van der Waals surface area contributed by atoms with Crippen LogP contribution in [0.2, 0.25) is 0 Å². The average Bonchev–Trinajstić information content (AvgIpc) is 3.19. The predicted molar refractivity (Wildman–Crippen MR) is 123 cm³/mol. The van der Waals surface area contributed by atoms with Gasteiger partial charge in [-0.3, -0.25) is 20.4 Å². The highest BCUT2D eigenvalue weighted by Gasteiger charge is 2.14. The summed E-state index contributed by atoms with van der Waals surface area (Å²) in [7, 11) is 0. The topological polar surface area (TPSA) is 83.2 Å². The molecule has 3 N–H and O–H groups in total. The first-order chi connectivity index (χ1) is 15.1. The summed E-state index contributed by atoms with van der Waals surface area (Å²) in [5, 5.41) is 0.982. The molecule has 0 atom stereocenters. The number of halogens is 1. The fraction of sp³-hybridized carbons (Fsp3) is 0.0833. The van der Waals surface area contributed by atoms with Crippen LogP contribution in [-0.4, -0.2) is 16.8 Å². The maximum absolute atomic E-state index is 12.6. The van der Waals surface area contributed by atoms with Gasteiger partial charge in [-0.15, -0.1) is 0 Å². The number of aromatic nitrogens is 1. The van der Waals surface area contributed by atoms with Gasteiger partial charge in [0, 0.05) is 21.6 Å². The third kappa shape index (κ3) is 5.13. The van der Waals surface area contributed by atoms with Crippen molar-refractivity contribution in [3.05, 3.63) is 100 Å². The number of amides is 2. The highest BCUT2D eigenvalue weighted by molar-refractivity contribution is 9.10. The Kier molecular flexibility index (Phi) is 6.33. The normalized spacial score (nSPS) is 10.6. The van der Waals surface area contributed by atoms with Gasteiger partial charge in [-0.2, -0.15) is 0 Å². The van der Waals surface area contributed by atoms with E-state index in [0.29, 0.717) is 17.9 Å². The summed E-state index contributed by atoms with van der Waals surface area (Å²) in [5.41, 5.74) is 8.08. The summed E-state index contributed by atoms with van der Waals surface area (Å²) in [6.07, 6.45) is 1.95. The average molecular weight is 478 g/mol. The molecule has 0 spiro atoms. The van der Waals surface area contributed by atoms with Gasteiger partial charge in [-0.05, 0) is 41.5 Å². The summed E-state index contributed by atoms with van der Waals surface area (Å²) in [5.74, 6) is -0.325. The molecular weight excluding hydrogens is 458 g/mol. The van der Waals surface area contributed by atoms with Crippen molar-refractivity contribution in [2.75, 3.05) is 0 Å². The molecule has 3 aromatic carbocycles.